The molecule has 1 aromatic carbocycles. The number of aromatic amines is 1. The van der Waals surface area contributed by atoms with Crippen molar-refractivity contribution in [3.8, 4) is 5.75 Å². The number of piperidine rings is 1. The Kier molecular flexibility index (Phi) is 6.57. The topological polar surface area (TPSA) is 105 Å². The Morgan fingerprint density at radius 2 is 2.03 bits per heavy atom. The quantitative estimate of drug-likeness (QED) is 0.559. The normalized spacial score (nSPS) is 17.6. The number of H-pyrrole nitrogens is 1. The van der Waals surface area contributed by atoms with Gasteiger partial charge in [-0.15, -0.1) is 0 Å². The minimum absolute atomic E-state index is 0.0294. The first kappa shape index (κ1) is 22.4. The number of halogens is 1. The van der Waals surface area contributed by atoms with Gasteiger partial charge in [-0.1, -0.05) is 18.5 Å². The van der Waals surface area contributed by atoms with Crippen molar-refractivity contribution in [2.24, 2.45) is 7.05 Å². The molecule has 0 bridgehead atoms. The number of rotatable bonds is 7. The maximum Gasteiger partial charge on any atom is 0.329 e. The highest BCUT2D eigenvalue weighted by Crippen LogP contribution is 2.28. The lowest BCUT2D eigenvalue weighted by molar-refractivity contribution is 0.0935. The van der Waals surface area contributed by atoms with E-state index in [1.165, 1.54) is 4.57 Å². The Hall–Kier alpha value is -2.78. The summed E-state index contributed by atoms with van der Waals surface area (Å²) < 4.78 is 8.74. The van der Waals surface area contributed by atoms with Crippen LogP contribution in [0.4, 0.5) is 5.95 Å². The van der Waals surface area contributed by atoms with Crippen molar-refractivity contribution in [1.82, 2.24) is 19.1 Å². The predicted molar refractivity (Wildman–Crippen MR) is 124 cm³/mol. The van der Waals surface area contributed by atoms with E-state index in [0.717, 1.165) is 32.2 Å². The van der Waals surface area contributed by atoms with Crippen LogP contribution < -0.4 is 20.9 Å². The van der Waals surface area contributed by atoms with Gasteiger partial charge in [-0.2, -0.15) is 4.98 Å². The fraction of sp³-hybridized carbons (Fsp3) is 0.500. The Balaban J connectivity index is 1.69. The van der Waals surface area contributed by atoms with E-state index in [0.29, 0.717) is 22.4 Å². The van der Waals surface area contributed by atoms with Crippen molar-refractivity contribution in [2.75, 3.05) is 18.1 Å². The van der Waals surface area contributed by atoms with Gasteiger partial charge in [0.25, 0.3) is 5.56 Å². The third kappa shape index (κ3) is 4.40. The minimum Gasteiger partial charge on any atom is -0.491 e. The van der Waals surface area contributed by atoms with Gasteiger partial charge in [0, 0.05) is 24.7 Å². The fourth-order valence-electron chi connectivity index (χ4n) is 4.29. The van der Waals surface area contributed by atoms with Gasteiger partial charge in [-0.25, -0.2) is 4.79 Å². The van der Waals surface area contributed by atoms with Gasteiger partial charge in [0.1, 0.15) is 18.5 Å². The van der Waals surface area contributed by atoms with Gasteiger partial charge in [0.2, 0.25) is 5.95 Å². The molecule has 0 saturated carbocycles. The molecule has 0 radical (unpaired) electrons. The summed E-state index contributed by atoms with van der Waals surface area (Å²) in [4.78, 5) is 34.1. The SMILES string of the molecule is CC[C@@H]1CCCCN1c1nc2c(c(=O)[nH]c(=O)n2C)n1C[C@@H](O)COc1ccc(Cl)cc1. The van der Waals surface area contributed by atoms with Crippen molar-refractivity contribution in [3.05, 3.63) is 50.1 Å². The molecule has 3 heterocycles. The molecule has 9 nitrogen and oxygen atoms in total. The van der Waals surface area contributed by atoms with Crippen LogP contribution in [0.15, 0.2) is 33.9 Å². The summed E-state index contributed by atoms with van der Waals surface area (Å²) in [7, 11) is 1.58. The van der Waals surface area contributed by atoms with Crippen LogP contribution in [-0.2, 0) is 13.6 Å². The van der Waals surface area contributed by atoms with E-state index >= 15 is 0 Å². The number of aromatic nitrogens is 4. The Morgan fingerprint density at radius 3 is 2.75 bits per heavy atom. The molecule has 10 heteroatoms. The van der Waals surface area contributed by atoms with E-state index in [1.54, 1.807) is 35.9 Å². The first-order valence-corrected chi connectivity index (χ1v) is 11.3. The Labute approximate surface area is 190 Å². The van der Waals surface area contributed by atoms with Crippen LogP contribution in [0, 0.1) is 0 Å². The standard InChI is InChI=1S/C22H28ClN5O4/c1-3-15-6-4-5-11-27(15)21-24-19-18(20(30)25-22(31)26(19)2)28(21)12-16(29)13-32-17-9-7-14(23)8-10-17/h7-10,15-16,29H,3-6,11-13H2,1-2H3,(H,25,30,31)/t15-,16-/m1/s1. The monoisotopic (exact) mass is 461 g/mol. The van der Waals surface area contributed by atoms with Crippen molar-refractivity contribution in [3.63, 3.8) is 0 Å². The molecule has 2 aromatic heterocycles. The summed E-state index contributed by atoms with van der Waals surface area (Å²) in [5.74, 6) is 1.19. The molecular weight excluding hydrogens is 434 g/mol. The van der Waals surface area contributed by atoms with Crippen molar-refractivity contribution >= 4 is 28.7 Å². The highest BCUT2D eigenvalue weighted by atomic mass is 35.5. The van der Waals surface area contributed by atoms with E-state index in [2.05, 4.69) is 16.8 Å². The number of aliphatic hydroxyl groups excluding tert-OH is 1. The zero-order valence-electron chi connectivity index (χ0n) is 18.3. The van der Waals surface area contributed by atoms with Crippen molar-refractivity contribution in [2.45, 2.75) is 51.3 Å². The van der Waals surface area contributed by atoms with Crippen LogP contribution >= 0.6 is 11.6 Å². The Bertz CT molecular complexity index is 1200. The number of hydrogen-bond acceptors (Lipinski definition) is 6. The molecule has 0 spiro atoms. The number of imidazole rings is 1. The second kappa shape index (κ2) is 9.38. The van der Waals surface area contributed by atoms with Gasteiger partial charge in [0.05, 0.1) is 6.54 Å². The molecule has 1 aliphatic heterocycles. The number of hydrogen-bond donors (Lipinski definition) is 2. The summed E-state index contributed by atoms with van der Waals surface area (Å²) >= 11 is 5.90. The first-order chi connectivity index (χ1) is 15.4. The van der Waals surface area contributed by atoms with Gasteiger partial charge in [0.15, 0.2) is 11.2 Å². The molecule has 0 aliphatic carbocycles. The second-order valence-electron chi connectivity index (χ2n) is 8.18. The van der Waals surface area contributed by atoms with Gasteiger partial charge in [-0.3, -0.25) is 14.3 Å². The van der Waals surface area contributed by atoms with Crippen LogP contribution in [-0.4, -0.2) is 49.5 Å². The van der Waals surface area contributed by atoms with E-state index in [1.807, 2.05) is 0 Å². The first-order valence-electron chi connectivity index (χ1n) is 10.9. The van der Waals surface area contributed by atoms with Crippen LogP contribution in [0.5, 0.6) is 5.75 Å². The van der Waals surface area contributed by atoms with Crippen molar-refractivity contribution in [1.29, 1.82) is 0 Å². The number of anilines is 1. The fourth-order valence-corrected chi connectivity index (χ4v) is 4.42. The third-order valence-corrected chi connectivity index (χ3v) is 6.24. The van der Waals surface area contributed by atoms with E-state index in [4.69, 9.17) is 21.3 Å². The van der Waals surface area contributed by atoms with Crippen LogP contribution in [0.1, 0.15) is 32.6 Å². The zero-order chi connectivity index (χ0) is 22.8. The summed E-state index contributed by atoms with van der Waals surface area (Å²) in [5.41, 5.74) is -0.457. The molecule has 32 heavy (non-hydrogen) atoms. The molecule has 1 aliphatic rings. The summed E-state index contributed by atoms with van der Waals surface area (Å²) in [5, 5.41) is 11.4. The van der Waals surface area contributed by atoms with E-state index < -0.39 is 17.4 Å². The second-order valence-corrected chi connectivity index (χ2v) is 8.62. The molecule has 4 rings (SSSR count). The molecule has 2 N–H and O–H groups in total. The lowest BCUT2D eigenvalue weighted by atomic mass is 10.0. The van der Waals surface area contributed by atoms with Crippen LogP contribution in [0.3, 0.4) is 0 Å². The number of fused-ring (bicyclic) bond motifs is 1. The molecule has 172 valence electrons. The zero-order valence-corrected chi connectivity index (χ0v) is 19.0. The maximum absolute atomic E-state index is 12.7. The van der Waals surface area contributed by atoms with Gasteiger partial charge in [-0.05, 0) is 49.9 Å². The number of aliphatic hydroxyl groups is 1. The van der Waals surface area contributed by atoms with E-state index in [9.17, 15) is 14.7 Å². The summed E-state index contributed by atoms with van der Waals surface area (Å²) in [6, 6.07) is 7.18. The average Bonchev–Trinajstić information content (AvgIpc) is 3.16. The molecular formula is C22H28ClN5O4. The number of nitrogens with zero attached hydrogens (tertiary/aromatic N) is 4. The lowest BCUT2D eigenvalue weighted by Gasteiger charge is -2.36. The number of ether oxygens (including phenoxy) is 1. The lowest BCUT2D eigenvalue weighted by Crippen LogP contribution is -2.41. The largest absolute Gasteiger partial charge is 0.491 e. The third-order valence-electron chi connectivity index (χ3n) is 5.99. The summed E-state index contributed by atoms with van der Waals surface area (Å²) in [6.07, 6.45) is 3.25. The molecule has 0 amide bonds. The van der Waals surface area contributed by atoms with Crippen LogP contribution in [0.25, 0.3) is 11.2 Å². The number of aryl methyl sites for hydroxylation is 1. The molecule has 2 atom stereocenters. The highest BCUT2D eigenvalue weighted by Gasteiger charge is 2.28. The smallest absolute Gasteiger partial charge is 0.329 e. The predicted octanol–water partition coefficient (Wildman–Crippen LogP) is 2.29. The molecule has 1 fully saturated rings. The van der Waals surface area contributed by atoms with Crippen LogP contribution in [0.2, 0.25) is 5.02 Å². The Morgan fingerprint density at radius 1 is 1.28 bits per heavy atom. The number of nitrogens with one attached hydrogen (secondary N) is 1. The molecule has 3 aromatic rings. The van der Waals surface area contributed by atoms with Gasteiger partial charge < -0.3 is 19.3 Å². The highest BCUT2D eigenvalue weighted by molar-refractivity contribution is 6.30. The molecule has 1 saturated heterocycles. The van der Waals surface area contributed by atoms with Gasteiger partial charge >= 0.3 is 5.69 Å². The van der Waals surface area contributed by atoms with E-state index in [-0.39, 0.29) is 24.7 Å². The summed E-state index contributed by atoms with van der Waals surface area (Å²) in [6.45, 7) is 3.08. The number of benzene rings is 1. The average molecular weight is 462 g/mol. The maximum atomic E-state index is 12.7. The van der Waals surface area contributed by atoms with Crippen molar-refractivity contribution < 1.29 is 9.84 Å². The minimum atomic E-state index is -0.900. The molecule has 0 unspecified atom stereocenters.